The molecule has 0 bridgehead atoms. The first-order valence-corrected chi connectivity index (χ1v) is 9.59. The molecule has 0 atom stereocenters. The summed E-state index contributed by atoms with van der Waals surface area (Å²) in [5.41, 5.74) is 3.95. The zero-order valence-electron chi connectivity index (χ0n) is 16.3. The van der Waals surface area contributed by atoms with Crippen LogP contribution in [0.3, 0.4) is 0 Å². The number of amides is 1. The lowest BCUT2D eigenvalue weighted by atomic mass is 9.78. The number of carbonyl (C=O) groups is 1. The van der Waals surface area contributed by atoms with Gasteiger partial charge >= 0.3 is 0 Å². The summed E-state index contributed by atoms with van der Waals surface area (Å²) in [6.45, 7) is 6.24. The summed E-state index contributed by atoms with van der Waals surface area (Å²) in [4.78, 5) is 12.1. The lowest BCUT2D eigenvalue weighted by Crippen LogP contribution is -2.20. The van der Waals surface area contributed by atoms with Gasteiger partial charge in [0.1, 0.15) is 5.75 Å². The average Bonchev–Trinajstić information content (AvgIpc) is 2.70. The first-order valence-electron chi connectivity index (χ1n) is 9.21. The normalized spacial score (nSPS) is 11.1. The summed E-state index contributed by atoms with van der Waals surface area (Å²) in [5, 5.41) is 3.41. The number of hydrogen-bond acceptors (Lipinski definition) is 2. The van der Waals surface area contributed by atoms with Crippen molar-refractivity contribution < 1.29 is 9.53 Å². The first kappa shape index (κ1) is 20.0. The molecule has 0 aliphatic carbocycles. The molecule has 1 amide bonds. The van der Waals surface area contributed by atoms with Gasteiger partial charge in [-0.2, -0.15) is 0 Å². The van der Waals surface area contributed by atoms with Gasteiger partial charge in [0.05, 0.1) is 0 Å². The molecule has 0 aliphatic heterocycles. The van der Waals surface area contributed by atoms with Gasteiger partial charge in [-0.05, 0) is 47.9 Å². The SMILES string of the molecule is Cc1ccc(NC(=O)COc2ccc(C(C)(C)c3ccccc3)cc2)cc1Cl. The predicted octanol–water partition coefficient (Wildman–Crippen LogP) is 5.99. The van der Waals surface area contributed by atoms with Crippen molar-refractivity contribution in [3.05, 3.63) is 94.5 Å². The van der Waals surface area contributed by atoms with Crippen LogP contribution in [0.1, 0.15) is 30.5 Å². The molecule has 0 spiro atoms. The second-order valence-corrected chi connectivity index (χ2v) is 7.72. The van der Waals surface area contributed by atoms with Crippen molar-refractivity contribution in [2.75, 3.05) is 11.9 Å². The van der Waals surface area contributed by atoms with E-state index in [1.165, 1.54) is 11.1 Å². The van der Waals surface area contributed by atoms with Gasteiger partial charge in [-0.15, -0.1) is 0 Å². The van der Waals surface area contributed by atoms with Crippen molar-refractivity contribution in [2.24, 2.45) is 0 Å². The Hall–Kier alpha value is -2.78. The quantitative estimate of drug-likeness (QED) is 0.558. The Labute approximate surface area is 171 Å². The number of hydrogen-bond donors (Lipinski definition) is 1. The maximum atomic E-state index is 12.1. The number of anilines is 1. The molecule has 0 radical (unpaired) electrons. The number of carbonyl (C=O) groups excluding carboxylic acids is 1. The molecule has 0 unspecified atom stereocenters. The van der Waals surface area contributed by atoms with Gasteiger partial charge in [0.2, 0.25) is 0 Å². The second-order valence-electron chi connectivity index (χ2n) is 7.32. The fraction of sp³-hybridized carbons (Fsp3) is 0.208. The summed E-state index contributed by atoms with van der Waals surface area (Å²) >= 11 is 6.08. The summed E-state index contributed by atoms with van der Waals surface area (Å²) in [6, 6.07) is 23.7. The van der Waals surface area contributed by atoms with E-state index in [1.54, 1.807) is 6.07 Å². The summed E-state index contributed by atoms with van der Waals surface area (Å²) in [6.07, 6.45) is 0. The van der Waals surface area contributed by atoms with Gasteiger partial charge in [-0.25, -0.2) is 0 Å². The summed E-state index contributed by atoms with van der Waals surface area (Å²) < 4.78 is 5.62. The molecular weight excluding hydrogens is 370 g/mol. The zero-order valence-corrected chi connectivity index (χ0v) is 17.1. The van der Waals surface area contributed by atoms with E-state index >= 15 is 0 Å². The van der Waals surface area contributed by atoms with Gasteiger partial charge < -0.3 is 10.1 Å². The third-order valence-electron chi connectivity index (χ3n) is 4.90. The van der Waals surface area contributed by atoms with Crippen LogP contribution in [0.2, 0.25) is 5.02 Å². The van der Waals surface area contributed by atoms with Crippen LogP contribution < -0.4 is 10.1 Å². The van der Waals surface area contributed by atoms with E-state index in [-0.39, 0.29) is 17.9 Å². The van der Waals surface area contributed by atoms with Gasteiger partial charge in [-0.1, -0.05) is 74.0 Å². The molecular formula is C24H24ClNO2. The maximum Gasteiger partial charge on any atom is 0.262 e. The van der Waals surface area contributed by atoms with Crippen LogP contribution in [0.25, 0.3) is 0 Å². The van der Waals surface area contributed by atoms with Crippen LogP contribution in [0.15, 0.2) is 72.8 Å². The van der Waals surface area contributed by atoms with Crippen molar-refractivity contribution in [1.82, 2.24) is 0 Å². The zero-order chi connectivity index (χ0) is 20.1. The van der Waals surface area contributed by atoms with Crippen LogP contribution in [-0.2, 0) is 10.2 Å². The van der Waals surface area contributed by atoms with E-state index < -0.39 is 0 Å². The Morgan fingerprint density at radius 3 is 2.25 bits per heavy atom. The Bertz CT molecular complexity index is 950. The summed E-state index contributed by atoms with van der Waals surface area (Å²) in [5.74, 6) is 0.429. The highest BCUT2D eigenvalue weighted by atomic mass is 35.5. The standard InChI is InChI=1S/C24H24ClNO2/c1-17-9-12-20(15-22(17)25)26-23(27)16-28-21-13-10-19(11-14-21)24(2,3)18-7-5-4-6-8-18/h4-15H,16H2,1-3H3,(H,26,27). The Balaban J connectivity index is 1.60. The molecule has 28 heavy (non-hydrogen) atoms. The fourth-order valence-corrected chi connectivity index (χ4v) is 3.19. The molecule has 1 N–H and O–H groups in total. The minimum Gasteiger partial charge on any atom is -0.484 e. The largest absolute Gasteiger partial charge is 0.484 e. The van der Waals surface area contributed by atoms with E-state index in [0.717, 1.165) is 5.56 Å². The molecule has 3 aromatic rings. The monoisotopic (exact) mass is 393 g/mol. The van der Waals surface area contributed by atoms with E-state index in [4.69, 9.17) is 16.3 Å². The molecule has 144 valence electrons. The smallest absolute Gasteiger partial charge is 0.262 e. The molecule has 0 saturated heterocycles. The van der Waals surface area contributed by atoms with E-state index in [2.05, 4.69) is 43.4 Å². The van der Waals surface area contributed by atoms with Crippen molar-refractivity contribution in [3.63, 3.8) is 0 Å². The Morgan fingerprint density at radius 1 is 0.964 bits per heavy atom. The highest BCUT2D eigenvalue weighted by Crippen LogP contribution is 2.32. The minimum atomic E-state index is -0.228. The minimum absolute atomic E-state index is 0.0626. The van der Waals surface area contributed by atoms with Gasteiger partial charge in [0.15, 0.2) is 6.61 Å². The lowest BCUT2D eigenvalue weighted by molar-refractivity contribution is -0.118. The van der Waals surface area contributed by atoms with Crippen LogP contribution in [0, 0.1) is 6.92 Å². The Kier molecular flexibility index (Phi) is 6.05. The number of ether oxygens (including phenoxy) is 1. The molecule has 4 heteroatoms. The number of nitrogens with one attached hydrogen (secondary N) is 1. The molecule has 0 aliphatic rings. The Morgan fingerprint density at radius 2 is 1.61 bits per heavy atom. The average molecular weight is 394 g/mol. The molecule has 3 rings (SSSR count). The van der Waals surface area contributed by atoms with Crippen LogP contribution >= 0.6 is 11.6 Å². The van der Waals surface area contributed by atoms with Gasteiger partial charge in [0.25, 0.3) is 5.91 Å². The van der Waals surface area contributed by atoms with Gasteiger partial charge in [0, 0.05) is 16.1 Å². The van der Waals surface area contributed by atoms with Crippen molar-refractivity contribution in [2.45, 2.75) is 26.2 Å². The highest BCUT2D eigenvalue weighted by molar-refractivity contribution is 6.31. The van der Waals surface area contributed by atoms with Crippen LogP contribution in [0.5, 0.6) is 5.75 Å². The van der Waals surface area contributed by atoms with E-state index in [1.807, 2.05) is 49.4 Å². The molecule has 0 aromatic heterocycles. The maximum absolute atomic E-state index is 12.1. The third kappa shape index (κ3) is 4.73. The second kappa shape index (κ2) is 8.49. The predicted molar refractivity (Wildman–Crippen MR) is 115 cm³/mol. The molecule has 3 aromatic carbocycles. The highest BCUT2D eigenvalue weighted by Gasteiger charge is 2.22. The molecule has 0 fully saturated rings. The van der Waals surface area contributed by atoms with Crippen LogP contribution in [-0.4, -0.2) is 12.5 Å². The van der Waals surface area contributed by atoms with Crippen molar-refractivity contribution in [1.29, 1.82) is 0 Å². The molecule has 0 saturated carbocycles. The number of benzene rings is 3. The molecule has 3 nitrogen and oxygen atoms in total. The van der Waals surface area contributed by atoms with Crippen molar-refractivity contribution in [3.8, 4) is 5.75 Å². The number of aryl methyl sites for hydroxylation is 1. The van der Waals surface area contributed by atoms with Gasteiger partial charge in [-0.3, -0.25) is 4.79 Å². The third-order valence-corrected chi connectivity index (χ3v) is 5.30. The first-order chi connectivity index (χ1) is 13.4. The van der Waals surface area contributed by atoms with Crippen molar-refractivity contribution >= 4 is 23.2 Å². The molecule has 0 heterocycles. The van der Waals surface area contributed by atoms with E-state index in [9.17, 15) is 4.79 Å². The lowest BCUT2D eigenvalue weighted by Gasteiger charge is -2.26. The van der Waals surface area contributed by atoms with Crippen LogP contribution in [0.4, 0.5) is 5.69 Å². The number of halogens is 1. The van der Waals surface area contributed by atoms with E-state index in [0.29, 0.717) is 16.5 Å². The fourth-order valence-electron chi connectivity index (χ4n) is 3.01. The topological polar surface area (TPSA) is 38.3 Å². The number of rotatable bonds is 6. The summed E-state index contributed by atoms with van der Waals surface area (Å²) in [7, 11) is 0.